The van der Waals surface area contributed by atoms with Crippen molar-refractivity contribution >= 4 is 33.6 Å². The fraction of sp³-hybridized carbons (Fsp3) is 0.552. The third-order valence-corrected chi connectivity index (χ3v) is 8.74. The van der Waals surface area contributed by atoms with Gasteiger partial charge in [0.25, 0.3) is 15.9 Å². The molecule has 0 aromatic carbocycles. The van der Waals surface area contributed by atoms with Gasteiger partial charge in [-0.05, 0) is 68.7 Å². The minimum absolute atomic E-state index is 0.0596. The first kappa shape index (κ1) is 28.1. The van der Waals surface area contributed by atoms with Crippen molar-refractivity contribution in [2.45, 2.75) is 89.6 Å². The number of hydrogen-bond donors (Lipinski definition) is 2. The summed E-state index contributed by atoms with van der Waals surface area (Å²) in [6.07, 6.45) is 9.99. The summed E-state index contributed by atoms with van der Waals surface area (Å²) in [6.45, 7) is 13.5. The van der Waals surface area contributed by atoms with Crippen molar-refractivity contribution in [1.82, 2.24) is 14.7 Å². The molecule has 0 bridgehead atoms. The van der Waals surface area contributed by atoms with E-state index in [1.165, 1.54) is 31.0 Å². The molecule has 2 aromatic rings. The van der Waals surface area contributed by atoms with Crippen LogP contribution in [0.4, 0.5) is 11.6 Å². The molecule has 1 aliphatic heterocycles. The molecule has 8 nitrogen and oxygen atoms in total. The summed E-state index contributed by atoms with van der Waals surface area (Å²) in [6, 6.07) is 6.11. The molecular formula is C29H41N5O3S. The molecule has 0 radical (unpaired) electrons. The molecule has 1 aliphatic carbocycles. The Morgan fingerprint density at radius 2 is 1.87 bits per heavy atom. The van der Waals surface area contributed by atoms with Crippen LogP contribution in [0.5, 0.6) is 0 Å². The predicted octanol–water partition coefficient (Wildman–Crippen LogP) is 5.30. The Morgan fingerprint density at radius 3 is 2.45 bits per heavy atom. The summed E-state index contributed by atoms with van der Waals surface area (Å²) in [5.74, 6) is 0.749. The molecule has 0 spiro atoms. The van der Waals surface area contributed by atoms with E-state index in [0.29, 0.717) is 17.7 Å². The number of hydrogen-bond acceptors (Lipinski definition) is 7. The highest BCUT2D eigenvalue weighted by atomic mass is 32.2. The summed E-state index contributed by atoms with van der Waals surface area (Å²) >= 11 is 0. The van der Waals surface area contributed by atoms with Crippen LogP contribution in [-0.4, -0.2) is 36.4 Å². The summed E-state index contributed by atoms with van der Waals surface area (Å²) in [5, 5.41) is -0.303. The fourth-order valence-corrected chi connectivity index (χ4v) is 6.72. The maximum atomic E-state index is 13.7. The van der Waals surface area contributed by atoms with Gasteiger partial charge in [-0.25, -0.2) is 14.7 Å². The number of allylic oxidation sites excluding steroid dienone is 1. The van der Waals surface area contributed by atoms with E-state index >= 15 is 0 Å². The van der Waals surface area contributed by atoms with Crippen LogP contribution in [0.2, 0.25) is 0 Å². The van der Waals surface area contributed by atoms with E-state index in [1.807, 2.05) is 6.07 Å². The monoisotopic (exact) mass is 539 g/mol. The van der Waals surface area contributed by atoms with Gasteiger partial charge in [0.15, 0.2) is 5.03 Å². The lowest BCUT2D eigenvalue weighted by Crippen LogP contribution is -2.41. The third-order valence-electron chi connectivity index (χ3n) is 7.51. The van der Waals surface area contributed by atoms with Gasteiger partial charge >= 0.3 is 0 Å². The standard InChI is InChI=1S/C29H41N5O3S/c1-19-17-29(5,6)34(18-19)26-22(27(35)33-38(36,37)24-13-9-12-23(30)31-24)16-21(25(32-26)28(2,3)4)15-14-20-10-7-8-11-20/h9,12-16,19-20H,7-8,10-11,17-18H2,1-6H3,(H2,30,31)(H,33,35)/b15-14+/t19-/m0/s1. The normalized spacial score (nSPS) is 20.4. The molecule has 2 fully saturated rings. The minimum Gasteiger partial charge on any atom is -0.384 e. The Kier molecular flexibility index (Phi) is 7.63. The van der Waals surface area contributed by atoms with Crippen LogP contribution in [0.1, 0.15) is 95.3 Å². The van der Waals surface area contributed by atoms with Gasteiger partial charge in [-0.15, -0.1) is 0 Å². The van der Waals surface area contributed by atoms with E-state index in [0.717, 1.165) is 37.1 Å². The number of nitrogens with one attached hydrogen (secondary N) is 1. The fourth-order valence-electron chi connectivity index (χ4n) is 5.78. The second-order valence-corrected chi connectivity index (χ2v) is 14.1. The summed E-state index contributed by atoms with van der Waals surface area (Å²) in [4.78, 5) is 24.9. The van der Waals surface area contributed by atoms with Gasteiger partial charge in [0.2, 0.25) is 0 Å². The van der Waals surface area contributed by atoms with Crippen LogP contribution in [0.3, 0.4) is 0 Å². The van der Waals surface area contributed by atoms with Crippen molar-refractivity contribution in [3.05, 3.63) is 47.2 Å². The molecule has 3 N–H and O–H groups in total. The van der Waals surface area contributed by atoms with Gasteiger partial charge in [-0.1, -0.05) is 58.8 Å². The van der Waals surface area contributed by atoms with Crippen molar-refractivity contribution in [2.75, 3.05) is 17.2 Å². The number of amides is 1. The lowest BCUT2D eigenvalue weighted by atomic mass is 9.87. The second-order valence-electron chi connectivity index (χ2n) is 12.5. The number of anilines is 2. The zero-order valence-electron chi connectivity index (χ0n) is 23.4. The smallest absolute Gasteiger partial charge is 0.281 e. The topological polar surface area (TPSA) is 118 Å². The lowest BCUT2D eigenvalue weighted by Gasteiger charge is -2.35. The molecule has 2 aliphatic rings. The number of aromatic nitrogens is 2. The highest BCUT2D eigenvalue weighted by Crippen LogP contribution is 2.40. The van der Waals surface area contributed by atoms with Crippen LogP contribution in [0, 0.1) is 11.8 Å². The number of carbonyl (C=O) groups excluding carboxylic acids is 1. The Labute approximate surface area is 227 Å². The van der Waals surface area contributed by atoms with E-state index in [9.17, 15) is 13.2 Å². The van der Waals surface area contributed by atoms with Crippen LogP contribution >= 0.6 is 0 Å². The first-order valence-corrected chi connectivity index (χ1v) is 15.0. The summed E-state index contributed by atoms with van der Waals surface area (Å²) in [5.41, 5.74) is 7.12. The van der Waals surface area contributed by atoms with Crippen LogP contribution in [0.15, 0.2) is 35.4 Å². The van der Waals surface area contributed by atoms with Gasteiger partial charge in [0.05, 0.1) is 11.3 Å². The maximum absolute atomic E-state index is 13.7. The van der Waals surface area contributed by atoms with Crippen LogP contribution < -0.4 is 15.4 Å². The molecule has 1 amide bonds. The summed E-state index contributed by atoms with van der Waals surface area (Å²) < 4.78 is 28.4. The zero-order valence-corrected chi connectivity index (χ0v) is 24.2. The molecule has 0 unspecified atom stereocenters. The van der Waals surface area contributed by atoms with Crippen molar-refractivity contribution in [3.63, 3.8) is 0 Å². The quantitative estimate of drug-likeness (QED) is 0.511. The average molecular weight is 540 g/mol. The van der Waals surface area contributed by atoms with E-state index in [2.05, 4.69) is 68.3 Å². The van der Waals surface area contributed by atoms with E-state index in [4.69, 9.17) is 10.7 Å². The molecule has 206 valence electrons. The largest absolute Gasteiger partial charge is 0.384 e. The maximum Gasteiger partial charge on any atom is 0.281 e. The SMILES string of the molecule is C[C@@H]1CN(c2nc(C(C)(C)C)c(/C=C/C3CCCC3)cc2C(=O)NS(=O)(=O)c2cccc(N)n2)C(C)(C)C1. The first-order chi connectivity index (χ1) is 17.7. The van der Waals surface area contributed by atoms with Crippen LogP contribution in [-0.2, 0) is 15.4 Å². The van der Waals surface area contributed by atoms with Crippen molar-refractivity contribution in [1.29, 1.82) is 0 Å². The third kappa shape index (κ3) is 6.03. The molecule has 9 heteroatoms. The van der Waals surface area contributed by atoms with Gasteiger partial charge in [-0.2, -0.15) is 8.42 Å². The van der Waals surface area contributed by atoms with Crippen LogP contribution in [0.25, 0.3) is 6.08 Å². The molecule has 4 rings (SSSR count). The predicted molar refractivity (Wildman–Crippen MR) is 152 cm³/mol. The Balaban J connectivity index is 1.84. The number of carbonyl (C=O) groups is 1. The van der Waals surface area contributed by atoms with E-state index in [1.54, 1.807) is 0 Å². The van der Waals surface area contributed by atoms with Crippen molar-refractivity contribution in [3.8, 4) is 0 Å². The van der Waals surface area contributed by atoms with E-state index < -0.39 is 15.9 Å². The van der Waals surface area contributed by atoms with Gasteiger partial charge < -0.3 is 10.6 Å². The number of sulfonamides is 1. The van der Waals surface area contributed by atoms with Gasteiger partial charge in [0, 0.05) is 17.5 Å². The Bertz CT molecular complexity index is 1340. The zero-order chi connectivity index (χ0) is 27.9. The second kappa shape index (κ2) is 10.3. The molecule has 3 heterocycles. The summed E-state index contributed by atoms with van der Waals surface area (Å²) in [7, 11) is -4.24. The number of nitrogen functional groups attached to an aromatic ring is 1. The Morgan fingerprint density at radius 1 is 1.18 bits per heavy atom. The van der Waals surface area contributed by atoms with Crippen molar-refractivity contribution < 1.29 is 13.2 Å². The average Bonchev–Trinajstić information content (AvgIpc) is 3.42. The molecule has 1 saturated carbocycles. The molecule has 2 aromatic heterocycles. The highest BCUT2D eigenvalue weighted by Gasteiger charge is 2.40. The molecule has 1 saturated heterocycles. The van der Waals surface area contributed by atoms with Gasteiger partial charge in [0.1, 0.15) is 11.6 Å². The molecule has 1 atom stereocenters. The highest BCUT2D eigenvalue weighted by molar-refractivity contribution is 7.90. The minimum atomic E-state index is -4.24. The first-order valence-electron chi connectivity index (χ1n) is 13.5. The Hall–Kier alpha value is -2.94. The number of pyridine rings is 2. The molecule has 38 heavy (non-hydrogen) atoms. The lowest BCUT2D eigenvalue weighted by molar-refractivity contribution is 0.0981. The molecular weight excluding hydrogens is 498 g/mol. The van der Waals surface area contributed by atoms with Crippen molar-refractivity contribution in [2.24, 2.45) is 11.8 Å². The van der Waals surface area contributed by atoms with E-state index in [-0.39, 0.29) is 27.4 Å². The number of nitrogens with two attached hydrogens (primary N) is 1. The van der Waals surface area contributed by atoms with Gasteiger partial charge in [-0.3, -0.25) is 4.79 Å². The number of nitrogens with zero attached hydrogens (tertiary/aromatic N) is 3. The number of rotatable bonds is 6.